The maximum absolute atomic E-state index is 13.3. The van der Waals surface area contributed by atoms with Gasteiger partial charge in [-0.25, -0.2) is 4.39 Å². The Labute approximate surface area is 85.5 Å². The van der Waals surface area contributed by atoms with E-state index in [0.29, 0.717) is 0 Å². The monoisotopic (exact) mass is 195 g/mol. The van der Waals surface area contributed by atoms with Crippen molar-refractivity contribution in [3.63, 3.8) is 0 Å². The van der Waals surface area contributed by atoms with Crippen LogP contribution in [0.4, 0.5) is 4.39 Å². The number of halogens is 1. The highest BCUT2D eigenvalue weighted by Crippen LogP contribution is 2.24. The van der Waals surface area contributed by atoms with Gasteiger partial charge in [-0.2, -0.15) is 0 Å². The minimum absolute atomic E-state index is 0.0469. The number of benzene rings is 1. The van der Waals surface area contributed by atoms with Gasteiger partial charge in [0.1, 0.15) is 5.82 Å². The molecule has 1 aromatic carbocycles. The molecule has 0 bridgehead atoms. The van der Waals surface area contributed by atoms with Crippen molar-refractivity contribution in [2.75, 3.05) is 7.05 Å². The normalized spacial score (nSPS) is 14.6. The highest BCUT2D eigenvalue weighted by molar-refractivity contribution is 5.35. The molecule has 0 unspecified atom stereocenters. The maximum atomic E-state index is 13.3. The maximum Gasteiger partial charge on any atom is 0.128 e. The molecule has 0 atom stereocenters. The second-order valence-corrected chi connectivity index (χ2v) is 3.56. The van der Waals surface area contributed by atoms with E-state index in [1.165, 1.54) is 0 Å². The van der Waals surface area contributed by atoms with E-state index in [0.717, 1.165) is 29.8 Å². The van der Waals surface area contributed by atoms with Gasteiger partial charge in [-0.1, -0.05) is 19.9 Å². The van der Waals surface area contributed by atoms with Gasteiger partial charge in [0.25, 0.3) is 0 Å². The van der Waals surface area contributed by atoms with Gasteiger partial charge in [0.05, 0.1) is 0 Å². The lowest BCUT2D eigenvalue weighted by Gasteiger charge is -2.02. The van der Waals surface area contributed by atoms with Crippen molar-refractivity contribution in [2.45, 2.75) is 33.9 Å². The molecule has 1 heterocycles. The van der Waals surface area contributed by atoms with E-state index in [-0.39, 0.29) is 5.82 Å². The number of hydrogen-bond donors (Lipinski definition) is 0. The van der Waals surface area contributed by atoms with Gasteiger partial charge in [0, 0.05) is 18.7 Å². The molecule has 2 rings (SSSR count). The third-order valence-corrected chi connectivity index (χ3v) is 2.30. The van der Waals surface area contributed by atoms with Gasteiger partial charge in [0.2, 0.25) is 0 Å². The van der Waals surface area contributed by atoms with E-state index in [1.54, 1.807) is 6.07 Å². The average molecular weight is 195 g/mol. The van der Waals surface area contributed by atoms with Gasteiger partial charge < -0.3 is 0 Å². The summed E-state index contributed by atoms with van der Waals surface area (Å²) >= 11 is 0. The topological polar surface area (TPSA) is 3.24 Å². The lowest BCUT2D eigenvalue weighted by Crippen LogP contribution is -2.07. The summed E-state index contributed by atoms with van der Waals surface area (Å²) in [5, 5.41) is 0. The molecule has 1 aromatic rings. The molecule has 0 aromatic heterocycles. The van der Waals surface area contributed by atoms with E-state index in [9.17, 15) is 4.39 Å². The number of nitrogens with zero attached hydrogens (tertiary/aromatic N) is 1. The lowest BCUT2D eigenvalue weighted by atomic mass is 10.1. The predicted octanol–water partition coefficient (Wildman–Crippen LogP) is 3.11. The zero-order valence-electron chi connectivity index (χ0n) is 9.39. The Bertz CT molecular complexity index is 320. The van der Waals surface area contributed by atoms with Crippen LogP contribution in [-0.4, -0.2) is 11.9 Å². The first-order valence-corrected chi connectivity index (χ1v) is 5.13. The van der Waals surface area contributed by atoms with Crippen molar-refractivity contribution in [2.24, 2.45) is 0 Å². The Hall–Kier alpha value is -0.890. The highest BCUT2D eigenvalue weighted by atomic mass is 19.1. The minimum Gasteiger partial charge on any atom is -0.298 e. The summed E-state index contributed by atoms with van der Waals surface area (Å²) in [7, 11) is 2.01. The first kappa shape index (κ1) is 11.2. The fourth-order valence-electron chi connectivity index (χ4n) is 1.78. The summed E-state index contributed by atoms with van der Waals surface area (Å²) in [6.07, 6.45) is 0. The van der Waals surface area contributed by atoms with Gasteiger partial charge in [-0.15, -0.1) is 0 Å². The zero-order valence-corrected chi connectivity index (χ0v) is 9.39. The van der Waals surface area contributed by atoms with Crippen LogP contribution < -0.4 is 0 Å². The average Bonchev–Trinajstić information content (AvgIpc) is 2.49. The van der Waals surface area contributed by atoms with Gasteiger partial charge in [-0.05, 0) is 31.2 Å². The summed E-state index contributed by atoms with van der Waals surface area (Å²) < 4.78 is 13.3. The molecule has 2 heteroatoms. The third-order valence-electron chi connectivity index (χ3n) is 2.30. The summed E-state index contributed by atoms with van der Waals surface area (Å²) in [5.41, 5.74) is 3.04. The number of aryl methyl sites for hydroxylation is 1. The number of hydrogen-bond acceptors (Lipinski definition) is 1. The van der Waals surface area contributed by atoms with Crippen LogP contribution in [0.1, 0.15) is 30.5 Å². The molecular formula is C12H18FN. The Morgan fingerprint density at radius 3 is 2.50 bits per heavy atom. The smallest absolute Gasteiger partial charge is 0.128 e. The highest BCUT2D eigenvalue weighted by Gasteiger charge is 2.18. The van der Waals surface area contributed by atoms with Gasteiger partial charge in [0.15, 0.2) is 0 Å². The number of rotatable bonds is 0. The van der Waals surface area contributed by atoms with E-state index in [4.69, 9.17) is 0 Å². The molecule has 1 aliphatic rings. The minimum atomic E-state index is -0.0469. The van der Waals surface area contributed by atoms with E-state index >= 15 is 0 Å². The third kappa shape index (κ3) is 2.13. The van der Waals surface area contributed by atoms with Crippen LogP contribution >= 0.6 is 0 Å². The molecule has 0 fully saturated rings. The van der Waals surface area contributed by atoms with Crippen LogP contribution in [0, 0.1) is 12.7 Å². The van der Waals surface area contributed by atoms with Crippen molar-refractivity contribution in [3.05, 3.63) is 34.6 Å². The van der Waals surface area contributed by atoms with Crippen molar-refractivity contribution >= 4 is 0 Å². The molecule has 1 aliphatic heterocycles. The summed E-state index contributed by atoms with van der Waals surface area (Å²) in [6.45, 7) is 7.57. The molecular weight excluding hydrogens is 177 g/mol. The van der Waals surface area contributed by atoms with Crippen LogP contribution in [0.5, 0.6) is 0 Å². The largest absolute Gasteiger partial charge is 0.298 e. The fraction of sp³-hybridized carbons (Fsp3) is 0.500. The molecule has 0 spiro atoms. The predicted molar refractivity (Wildman–Crippen MR) is 57.7 cm³/mol. The Morgan fingerprint density at radius 1 is 1.21 bits per heavy atom. The number of fused-ring (bicyclic) bond motifs is 1. The van der Waals surface area contributed by atoms with E-state index in [1.807, 2.05) is 27.8 Å². The molecule has 0 amide bonds. The summed E-state index contributed by atoms with van der Waals surface area (Å²) in [4.78, 5) is 2.12. The molecule has 14 heavy (non-hydrogen) atoms. The second-order valence-electron chi connectivity index (χ2n) is 3.56. The first-order valence-electron chi connectivity index (χ1n) is 5.13. The quantitative estimate of drug-likeness (QED) is 0.615. The summed E-state index contributed by atoms with van der Waals surface area (Å²) in [5.74, 6) is -0.0469. The molecule has 0 saturated carbocycles. The molecule has 0 saturated heterocycles. The van der Waals surface area contributed by atoms with Crippen molar-refractivity contribution in [1.82, 2.24) is 4.90 Å². The van der Waals surface area contributed by atoms with E-state index < -0.39 is 0 Å². The van der Waals surface area contributed by atoms with Crippen LogP contribution in [0.2, 0.25) is 0 Å². The Morgan fingerprint density at radius 2 is 1.86 bits per heavy atom. The van der Waals surface area contributed by atoms with Crippen LogP contribution in [0.3, 0.4) is 0 Å². The zero-order chi connectivity index (χ0) is 10.7. The molecule has 0 aliphatic carbocycles. The van der Waals surface area contributed by atoms with E-state index in [2.05, 4.69) is 11.0 Å². The first-order chi connectivity index (χ1) is 6.66. The van der Waals surface area contributed by atoms with Crippen molar-refractivity contribution < 1.29 is 4.39 Å². The van der Waals surface area contributed by atoms with Crippen molar-refractivity contribution in [3.8, 4) is 0 Å². The molecule has 0 radical (unpaired) electrons. The van der Waals surface area contributed by atoms with Crippen molar-refractivity contribution in [1.29, 1.82) is 0 Å². The van der Waals surface area contributed by atoms with Crippen LogP contribution in [0.15, 0.2) is 12.1 Å². The fourth-order valence-corrected chi connectivity index (χ4v) is 1.78. The van der Waals surface area contributed by atoms with Gasteiger partial charge >= 0.3 is 0 Å². The van der Waals surface area contributed by atoms with Crippen LogP contribution in [-0.2, 0) is 13.1 Å². The summed E-state index contributed by atoms with van der Waals surface area (Å²) in [6, 6.07) is 3.68. The SMILES string of the molecule is CC.Cc1cc(F)c2c(c1)CN(C)C2. The molecule has 78 valence electrons. The van der Waals surface area contributed by atoms with Gasteiger partial charge in [-0.3, -0.25) is 4.90 Å². The van der Waals surface area contributed by atoms with Crippen LogP contribution in [0.25, 0.3) is 0 Å². The Kier molecular flexibility index (Phi) is 3.64. The Balaban J connectivity index is 0.000000461. The molecule has 1 nitrogen and oxygen atoms in total. The lowest BCUT2D eigenvalue weighted by molar-refractivity contribution is 0.350. The second kappa shape index (κ2) is 4.56. The standard InChI is InChI=1S/C10H12FN.C2H6/c1-7-3-8-5-12(2)6-9(8)10(11)4-7;1-2/h3-4H,5-6H2,1-2H3;1-2H3. The molecule has 0 N–H and O–H groups in total.